The fourth-order valence-corrected chi connectivity index (χ4v) is 5.34. The number of hydrogen-bond acceptors (Lipinski definition) is 7. The zero-order valence-electron chi connectivity index (χ0n) is 22.9. The van der Waals surface area contributed by atoms with Crippen LogP contribution in [0.3, 0.4) is 0 Å². The number of ether oxygens (including phenoxy) is 2. The Morgan fingerprint density at radius 1 is 0.833 bits per heavy atom. The maximum atomic E-state index is 11.0. The number of hydrogen-bond donors (Lipinski definition) is 0. The van der Waals surface area contributed by atoms with Crippen LogP contribution in [-0.2, 0) is 12.4 Å². The number of nitro groups is 1. The zero-order valence-corrected chi connectivity index (χ0v) is 23.7. The predicted molar refractivity (Wildman–Crippen MR) is 164 cm³/mol. The van der Waals surface area contributed by atoms with E-state index in [2.05, 4.69) is 6.07 Å². The zero-order chi connectivity index (χ0) is 29.3. The Kier molecular flexibility index (Phi) is 9.12. The minimum Gasteiger partial charge on any atom is -0.490 e. The van der Waals surface area contributed by atoms with Crippen LogP contribution < -0.4 is 9.47 Å². The molecule has 0 aliphatic heterocycles. The van der Waals surface area contributed by atoms with E-state index in [1.807, 2.05) is 91.9 Å². The number of nitriles is 1. The number of aromatic nitrogens is 1. The SMILES string of the molecule is CCOc1cc(-c2cc(-c3ccccc3)nc(SCc3ccc([N+](=O)[O-])cc3)c2C#N)ccc1OCc1ccccc1. The molecule has 42 heavy (non-hydrogen) atoms. The van der Waals surface area contributed by atoms with Crippen molar-refractivity contribution in [3.8, 4) is 40.0 Å². The number of thioether (sulfide) groups is 1. The molecule has 1 aromatic heterocycles. The molecule has 208 valence electrons. The van der Waals surface area contributed by atoms with E-state index in [0.29, 0.717) is 41.1 Å². The normalized spacial score (nSPS) is 10.6. The van der Waals surface area contributed by atoms with Gasteiger partial charge in [-0.15, -0.1) is 11.8 Å². The number of nitrogens with zero attached hydrogens (tertiary/aromatic N) is 3. The van der Waals surface area contributed by atoms with Crippen molar-refractivity contribution in [1.82, 2.24) is 4.98 Å². The Hall–Kier alpha value is -5.13. The molecule has 0 atom stereocenters. The summed E-state index contributed by atoms with van der Waals surface area (Å²) < 4.78 is 12.1. The highest BCUT2D eigenvalue weighted by Gasteiger charge is 2.18. The molecule has 0 aliphatic rings. The minimum absolute atomic E-state index is 0.0363. The molecule has 0 saturated heterocycles. The maximum Gasteiger partial charge on any atom is 0.269 e. The first-order chi connectivity index (χ1) is 20.6. The van der Waals surface area contributed by atoms with Gasteiger partial charge >= 0.3 is 0 Å². The van der Waals surface area contributed by atoms with E-state index in [1.165, 1.54) is 23.9 Å². The number of benzene rings is 4. The lowest BCUT2D eigenvalue weighted by atomic mass is 9.99. The van der Waals surface area contributed by atoms with Gasteiger partial charge in [0.05, 0.1) is 22.8 Å². The van der Waals surface area contributed by atoms with Gasteiger partial charge in [0.1, 0.15) is 17.7 Å². The average molecular weight is 574 g/mol. The molecule has 0 saturated carbocycles. The monoisotopic (exact) mass is 573 g/mol. The molecule has 0 unspecified atom stereocenters. The molecule has 0 N–H and O–H groups in total. The number of rotatable bonds is 11. The molecule has 4 aromatic carbocycles. The predicted octanol–water partition coefficient (Wildman–Crippen LogP) is 8.47. The van der Waals surface area contributed by atoms with Gasteiger partial charge in [-0.05, 0) is 41.8 Å². The Labute approximate surface area is 248 Å². The van der Waals surface area contributed by atoms with Crippen molar-refractivity contribution in [2.24, 2.45) is 0 Å². The Morgan fingerprint density at radius 2 is 1.55 bits per heavy atom. The second-order valence-corrected chi connectivity index (χ2v) is 10.3. The van der Waals surface area contributed by atoms with Crippen molar-refractivity contribution in [1.29, 1.82) is 5.26 Å². The first-order valence-corrected chi connectivity index (χ1v) is 14.3. The summed E-state index contributed by atoms with van der Waals surface area (Å²) in [6.45, 7) is 2.78. The van der Waals surface area contributed by atoms with Crippen molar-refractivity contribution < 1.29 is 14.4 Å². The van der Waals surface area contributed by atoms with Gasteiger partial charge in [0.15, 0.2) is 11.5 Å². The highest BCUT2D eigenvalue weighted by molar-refractivity contribution is 7.98. The third-order valence-corrected chi connectivity index (χ3v) is 7.53. The van der Waals surface area contributed by atoms with Crippen LogP contribution in [0.25, 0.3) is 22.4 Å². The average Bonchev–Trinajstić information content (AvgIpc) is 3.04. The lowest BCUT2D eigenvalue weighted by Gasteiger charge is -2.16. The Bertz CT molecular complexity index is 1720. The molecule has 0 bridgehead atoms. The van der Waals surface area contributed by atoms with E-state index in [1.54, 1.807) is 12.1 Å². The fraction of sp³-hybridized carbons (Fsp3) is 0.118. The van der Waals surface area contributed by atoms with Gasteiger partial charge in [-0.25, -0.2) is 4.98 Å². The van der Waals surface area contributed by atoms with Gasteiger partial charge in [0.25, 0.3) is 5.69 Å². The summed E-state index contributed by atoms with van der Waals surface area (Å²) in [5.41, 5.74) is 5.61. The van der Waals surface area contributed by atoms with Gasteiger partial charge in [0, 0.05) is 29.0 Å². The molecule has 5 aromatic rings. The van der Waals surface area contributed by atoms with Crippen LogP contribution >= 0.6 is 11.8 Å². The molecule has 7 nitrogen and oxygen atoms in total. The molecule has 0 fully saturated rings. The lowest BCUT2D eigenvalue weighted by Crippen LogP contribution is -2.01. The quantitative estimate of drug-likeness (QED) is 0.0888. The molecule has 5 rings (SSSR count). The molecule has 0 amide bonds. The second-order valence-electron chi connectivity index (χ2n) is 9.29. The molecule has 0 radical (unpaired) electrons. The van der Waals surface area contributed by atoms with Gasteiger partial charge in [-0.2, -0.15) is 5.26 Å². The molecule has 1 heterocycles. The standard InChI is InChI=1S/C34H27N3O4S/c1-2-40-33-19-27(15-18-32(33)41-22-24-9-5-3-6-10-24)29-20-31(26-11-7-4-8-12-26)36-34(30(29)21-35)42-23-25-13-16-28(17-14-25)37(38)39/h3-20H,2,22-23H2,1H3. The highest BCUT2D eigenvalue weighted by atomic mass is 32.2. The largest absolute Gasteiger partial charge is 0.490 e. The Balaban J connectivity index is 1.52. The maximum absolute atomic E-state index is 11.0. The van der Waals surface area contributed by atoms with E-state index in [4.69, 9.17) is 14.5 Å². The summed E-state index contributed by atoms with van der Waals surface area (Å²) in [7, 11) is 0. The van der Waals surface area contributed by atoms with Gasteiger partial charge < -0.3 is 9.47 Å². The van der Waals surface area contributed by atoms with Crippen LogP contribution in [-0.4, -0.2) is 16.5 Å². The third-order valence-electron chi connectivity index (χ3n) is 6.48. The van der Waals surface area contributed by atoms with Crippen LogP contribution in [0, 0.1) is 21.4 Å². The van der Waals surface area contributed by atoms with E-state index < -0.39 is 4.92 Å². The van der Waals surface area contributed by atoms with Crippen molar-refractivity contribution >= 4 is 17.4 Å². The molecule has 0 aliphatic carbocycles. The van der Waals surface area contributed by atoms with Crippen molar-refractivity contribution in [3.05, 3.63) is 136 Å². The van der Waals surface area contributed by atoms with Crippen LogP contribution in [0.4, 0.5) is 5.69 Å². The lowest BCUT2D eigenvalue weighted by molar-refractivity contribution is -0.384. The van der Waals surface area contributed by atoms with Crippen LogP contribution in [0.15, 0.2) is 114 Å². The van der Waals surface area contributed by atoms with Crippen LogP contribution in [0.2, 0.25) is 0 Å². The summed E-state index contributed by atoms with van der Waals surface area (Å²) in [4.78, 5) is 15.5. The summed E-state index contributed by atoms with van der Waals surface area (Å²) in [5.74, 6) is 1.70. The van der Waals surface area contributed by atoms with Crippen LogP contribution in [0.1, 0.15) is 23.6 Å². The summed E-state index contributed by atoms with van der Waals surface area (Å²) >= 11 is 1.42. The van der Waals surface area contributed by atoms with Gasteiger partial charge in [0.2, 0.25) is 0 Å². The fourth-order valence-electron chi connectivity index (χ4n) is 4.38. The Morgan fingerprint density at radius 3 is 2.21 bits per heavy atom. The summed E-state index contributed by atoms with van der Waals surface area (Å²) in [6.07, 6.45) is 0. The van der Waals surface area contributed by atoms with Crippen LogP contribution in [0.5, 0.6) is 11.5 Å². The van der Waals surface area contributed by atoms with E-state index in [-0.39, 0.29) is 5.69 Å². The number of pyridine rings is 1. The second kappa shape index (κ2) is 13.5. The van der Waals surface area contributed by atoms with Crippen molar-refractivity contribution in [2.45, 2.75) is 24.3 Å². The summed E-state index contributed by atoms with van der Waals surface area (Å²) in [5, 5.41) is 21.9. The topological polar surface area (TPSA) is 98.3 Å². The van der Waals surface area contributed by atoms with E-state index in [9.17, 15) is 15.4 Å². The van der Waals surface area contributed by atoms with E-state index >= 15 is 0 Å². The van der Waals surface area contributed by atoms with Crippen molar-refractivity contribution in [3.63, 3.8) is 0 Å². The van der Waals surface area contributed by atoms with Gasteiger partial charge in [-0.3, -0.25) is 10.1 Å². The number of non-ortho nitro benzene ring substituents is 1. The van der Waals surface area contributed by atoms with Crippen molar-refractivity contribution in [2.75, 3.05) is 6.61 Å². The first kappa shape index (κ1) is 28.4. The summed E-state index contributed by atoms with van der Waals surface area (Å²) in [6, 6.07) is 36.1. The van der Waals surface area contributed by atoms with Gasteiger partial charge in [-0.1, -0.05) is 78.9 Å². The first-order valence-electron chi connectivity index (χ1n) is 13.4. The third kappa shape index (κ3) is 6.77. The van der Waals surface area contributed by atoms with E-state index in [0.717, 1.165) is 33.5 Å². The highest BCUT2D eigenvalue weighted by Crippen LogP contribution is 2.39. The smallest absolute Gasteiger partial charge is 0.269 e. The molecule has 8 heteroatoms. The molecular weight excluding hydrogens is 546 g/mol. The minimum atomic E-state index is -0.420. The number of nitro benzene ring substituents is 1. The molecule has 0 spiro atoms. The molecular formula is C34H27N3O4S.